The Labute approximate surface area is 110 Å². The first-order valence-corrected chi connectivity index (χ1v) is 5.79. The van der Waals surface area contributed by atoms with Crippen LogP contribution in [0.1, 0.15) is 0 Å². The van der Waals surface area contributed by atoms with E-state index in [1.165, 1.54) is 17.0 Å². The van der Waals surface area contributed by atoms with Crippen molar-refractivity contribution in [2.24, 2.45) is 5.73 Å². The number of cyclic esters (lactones) is 1. The highest BCUT2D eigenvalue weighted by Gasteiger charge is 2.35. The lowest BCUT2D eigenvalue weighted by atomic mass is 10.2. The van der Waals surface area contributed by atoms with E-state index in [9.17, 15) is 14.0 Å². The average molecular weight is 350 g/mol. The van der Waals surface area contributed by atoms with Gasteiger partial charge in [0.25, 0.3) is 5.91 Å². The van der Waals surface area contributed by atoms with Crippen molar-refractivity contribution in [1.82, 2.24) is 0 Å². The largest absolute Gasteiger partial charge is 0.434 e. The lowest BCUT2D eigenvalue weighted by Gasteiger charge is -2.12. The summed E-state index contributed by atoms with van der Waals surface area (Å²) in [6, 6.07) is 4.33. The van der Waals surface area contributed by atoms with Crippen molar-refractivity contribution in [2.45, 2.75) is 6.10 Å². The Kier molecular flexibility index (Phi) is 3.18. The minimum Gasteiger partial charge on any atom is -0.434 e. The zero-order chi connectivity index (χ0) is 12.6. The van der Waals surface area contributed by atoms with Crippen LogP contribution in [0.4, 0.5) is 14.9 Å². The molecule has 1 heterocycles. The van der Waals surface area contributed by atoms with Gasteiger partial charge in [0.2, 0.25) is 0 Å². The molecule has 1 aliphatic rings. The summed E-state index contributed by atoms with van der Waals surface area (Å²) in [5.74, 6) is -1.15. The maximum atomic E-state index is 13.3. The molecule has 1 aromatic rings. The second-order valence-corrected chi connectivity index (χ2v) is 4.65. The molecular weight excluding hydrogens is 342 g/mol. The molecule has 1 atom stereocenters. The molecule has 17 heavy (non-hydrogen) atoms. The summed E-state index contributed by atoms with van der Waals surface area (Å²) in [5.41, 5.74) is 5.38. The smallest absolute Gasteiger partial charge is 0.415 e. The monoisotopic (exact) mass is 350 g/mol. The van der Waals surface area contributed by atoms with Crippen LogP contribution in [0.5, 0.6) is 0 Å². The molecule has 1 aliphatic heterocycles. The molecule has 1 aromatic carbocycles. The summed E-state index contributed by atoms with van der Waals surface area (Å²) >= 11 is 1.84. The van der Waals surface area contributed by atoms with Crippen molar-refractivity contribution in [3.05, 3.63) is 27.6 Å². The van der Waals surface area contributed by atoms with Gasteiger partial charge in [-0.2, -0.15) is 0 Å². The predicted molar refractivity (Wildman–Crippen MR) is 65.9 cm³/mol. The van der Waals surface area contributed by atoms with Crippen LogP contribution in [0.25, 0.3) is 0 Å². The number of primary amides is 1. The van der Waals surface area contributed by atoms with Crippen LogP contribution in [0.15, 0.2) is 18.2 Å². The Morgan fingerprint density at radius 2 is 2.29 bits per heavy atom. The number of nitrogens with zero attached hydrogens (tertiary/aromatic N) is 1. The Balaban J connectivity index is 2.26. The zero-order valence-corrected chi connectivity index (χ0v) is 10.7. The molecule has 2 N–H and O–H groups in total. The lowest BCUT2D eigenvalue weighted by Crippen LogP contribution is -2.32. The fraction of sp³-hybridized carbons (Fsp3) is 0.200. The number of halogens is 2. The van der Waals surface area contributed by atoms with Crippen molar-refractivity contribution in [3.8, 4) is 0 Å². The maximum absolute atomic E-state index is 13.3. The van der Waals surface area contributed by atoms with E-state index in [1.807, 2.05) is 22.6 Å². The molecule has 1 saturated heterocycles. The summed E-state index contributed by atoms with van der Waals surface area (Å²) in [7, 11) is 0. The number of ether oxygens (including phenoxy) is 1. The SMILES string of the molecule is NC(=O)[C@H]1CN(c2ccc(I)c(F)c2)C(=O)O1. The van der Waals surface area contributed by atoms with E-state index in [1.54, 1.807) is 6.07 Å². The van der Waals surface area contributed by atoms with Gasteiger partial charge in [0, 0.05) is 3.57 Å². The molecular formula is C10H8FIN2O3. The molecule has 2 amide bonds. The van der Waals surface area contributed by atoms with Crippen molar-refractivity contribution in [2.75, 3.05) is 11.4 Å². The van der Waals surface area contributed by atoms with Gasteiger partial charge in [0.1, 0.15) is 5.82 Å². The first-order chi connectivity index (χ1) is 7.99. The van der Waals surface area contributed by atoms with Gasteiger partial charge in [0.05, 0.1) is 12.2 Å². The molecule has 0 aliphatic carbocycles. The molecule has 0 spiro atoms. The van der Waals surface area contributed by atoms with E-state index in [0.29, 0.717) is 9.26 Å². The van der Waals surface area contributed by atoms with E-state index in [-0.39, 0.29) is 6.54 Å². The number of carbonyl (C=O) groups is 2. The summed E-state index contributed by atoms with van der Waals surface area (Å²) in [4.78, 5) is 23.5. The van der Waals surface area contributed by atoms with E-state index < -0.39 is 23.9 Å². The standard InChI is InChI=1S/C10H8FIN2O3/c11-6-3-5(1-2-7(6)12)14-4-8(9(13)15)17-10(14)16/h1-3,8H,4H2,(H2,13,15)/t8-/m1/s1. The highest BCUT2D eigenvalue weighted by molar-refractivity contribution is 14.1. The number of nitrogens with two attached hydrogens (primary N) is 1. The van der Waals surface area contributed by atoms with Crippen LogP contribution in [0, 0.1) is 9.39 Å². The molecule has 5 nitrogen and oxygen atoms in total. The van der Waals surface area contributed by atoms with Gasteiger partial charge in [-0.15, -0.1) is 0 Å². The number of anilines is 1. The second kappa shape index (κ2) is 4.47. The van der Waals surface area contributed by atoms with Crippen molar-refractivity contribution >= 4 is 40.3 Å². The van der Waals surface area contributed by atoms with E-state index in [4.69, 9.17) is 10.5 Å². The highest BCUT2D eigenvalue weighted by Crippen LogP contribution is 2.24. The van der Waals surface area contributed by atoms with Crippen LogP contribution in [0.2, 0.25) is 0 Å². The van der Waals surface area contributed by atoms with E-state index >= 15 is 0 Å². The Hall–Kier alpha value is -1.38. The van der Waals surface area contributed by atoms with E-state index in [2.05, 4.69) is 0 Å². The van der Waals surface area contributed by atoms with Crippen LogP contribution in [-0.4, -0.2) is 24.6 Å². The molecule has 0 unspecified atom stereocenters. The molecule has 2 rings (SSSR count). The summed E-state index contributed by atoms with van der Waals surface area (Å²) in [6.07, 6.45) is -1.68. The van der Waals surface area contributed by atoms with Gasteiger partial charge in [-0.1, -0.05) is 0 Å². The van der Waals surface area contributed by atoms with Crippen LogP contribution in [-0.2, 0) is 9.53 Å². The highest BCUT2D eigenvalue weighted by atomic mass is 127. The Morgan fingerprint density at radius 1 is 1.59 bits per heavy atom. The van der Waals surface area contributed by atoms with Crippen molar-refractivity contribution in [3.63, 3.8) is 0 Å². The van der Waals surface area contributed by atoms with Crippen molar-refractivity contribution < 1.29 is 18.7 Å². The summed E-state index contributed by atoms with van der Waals surface area (Å²) < 4.78 is 18.5. The lowest BCUT2D eigenvalue weighted by molar-refractivity contribution is -0.124. The van der Waals surface area contributed by atoms with Gasteiger partial charge in [-0.3, -0.25) is 9.69 Å². The molecule has 0 bridgehead atoms. The quantitative estimate of drug-likeness (QED) is 0.816. The van der Waals surface area contributed by atoms with Gasteiger partial charge in [-0.25, -0.2) is 9.18 Å². The number of benzene rings is 1. The van der Waals surface area contributed by atoms with Crippen LogP contribution < -0.4 is 10.6 Å². The van der Waals surface area contributed by atoms with Gasteiger partial charge < -0.3 is 10.5 Å². The fourth-order valence-electron chi connectivity index (χ4n) is 1.47. The van der Waals surface area contributed by atoms with Gasteiger partial charge in [-0.05, 0) is 40.8 Å². The second-order valence-electron chi connectivity index (χ2n) is 3.48. The fourth-order valence-corrected chi connectivity index (χ4v) is 1.81. The Bertz CT molecular complexity index is 494. The van der Waals surface area contributed by atoms with E-state index in [0.717, 1.165) is 0 Å². The number of rotatable bonds is 2. The number of hydrogen-bond acceptors (Lipinski definition) is 3. The third-order valence-electron chi connectivity index (χ3n) is 2.34. The minimum atomic E-state index is -0.982. The maximum Gasteiger partial charge on any atom is 0.415 e. The van der Waals surface area contributed by atoms with Gasteiger partial charge >= 0.3 is 6.09 Å². The summed E-state index contributed by atoms with van der Waals surface area (Å²) in [5, 5.41) is 0. The van der Waals surface area contributed by atoms with Crippen LogP contribution in [0.3, 0.4) is 0 Å². The minimum absolute atomic E-state index is 0.00813. The third-order valence-corrected chi connectivity index (χ3v) is 3.22. The van der Waals surface area contributed by atoms with Crippen molar-refractivity contribution in [1.29, 1.82) is 0 Å². The normalized spacial score (nSPS) is 19.3. The summed E-state index contributed by atoms with van der Waals surface area (Å²) in [6.45, 7) is 0.00813. The molecule has 0 aromatic heterocycles. The number of hydrogen-bond donors (Lipinski definition) is 1. The molecule has 7 heteroatoms. The molecule has 1 fully saturated rings. The molecule has 0 radical (unpaired) electrons. The first kappa shape index (κ1) is 12.1. The van der Waals surface area contributed by atoms with Crippen LogP contribution >= 0.6 is 22.6 Å². The third kappa shape index (κ3) is 2.33. The average Bonchev–Trinajstić information content (AvgIpc) is 2.65. The van der Waals surface area contributed by atoms with Gasteiger partial charge in [0.15, 0.2) is 6.10 Å². The molecule has 0 saturated carbocycles. The topological polar surface area (TPSA) is 72.6 Å². The number of carbonyl (C=O) groups excluding carboxylic acids is 2. The first-order valence-electron chi connectivity index (χ1n) is 4.71. The Morgan fingerprint density at radius 3 is 2.82 bits per heavy atom. The predicted octanol–water partition coefficient (Wildman–Crippen LogP) is 1.24. The number of amides is 2. The molecule has 90 valence electrons. The zero-order valence-electron chi connectivity index (χ0n) is 8.52.